The van der Waals surface area contributed by atoms with E-state index in [1.54, 1.807) is 32.4 Å². The van der Waals surface area contributed by atoms with E-state index in [0.29, 0.717) is 24.5 Å². The smallest absolute Gasteiger partial charge is 0.241 e. The van der Waals surface area contributed by atoms with Crippen LogP contribution >= 0.6 is 0 Å². The van der Waals surface area contributed by atoms with Gasteiger partial charge in [0.2, 0.25) is 15.9 Å². The topological polar surface area (TPSA) is 93.7 Å². The van der Waals surface area contributed by atoms with E-state index in [2.05, 4.69) is 10.0 Å². The lowest BCUT2D eigenvalue weighted by Gasteiger charge is -2.19. The van der Waals surface area contributed by atoms with Crippen LogP contribution < -0.4 is 19.5 Å². The Morgan fingerprint density at radius 1 is 0.848 bits per heavy atom. The normalized spacial score (nSPS) is 12.1. The highest BCUT2D eigenvalue weighted by atomic mass is 32.2. The molecule has 0 radical (unpaired) electrons. The van der Waals surface area contributed by atoms with Crippen LogP contribution in [-0.4, -0.2) is 41.1 Å². The molecule has 0 saturated heterocycles. The zero-order valence-electron chi connectivity index (χ0n) is 18.7. The molecule has 0 heterocycles. The summed E-state index contributed by atoms with van der Waals surface area (Å²) in [5, 5.41) is 2.85. The van der Waals surface area contributed by atoms with Gasteiger partial charge in [0.15, 0.2) is 11.5 Å². The number of hydrogen-bond donors (Lipinski definition) is 2. The van der Waals surface area contributed by atoms with Crippen molar-refractivity contribution in [1.29, 1.82) is 0 Å². The molecule has 3 aromatic carbocycles. The molecule has 1 amide bonds. The molecule has 174 valence electrons. The second kappa shape index (κ2) is 11.5. The van der Waals surface area contributed by atoms with Crippen LogP contribution in [0.2, 0.25) is 0 Å². The van der Waals surface area contributed by atoms with E-state index < -0.39 is 16.1 Å². The Bertz CT molecular complexity index is 1150. The average Bonchev–Trinajstić information content (AvgIpc) is 2.84. The van der Waals surface area contributed by atoms with Crippen molar-refractivity contribution in [2.45, 2.75) is 23.8 Å². The van der Waals surface area contributed by atoms with E-state index in [9.17, 15) is 13.2 Å². The van der Waals surface area contributed by atoms with Crippen molar-refractivity contribution in [2.24, 2.45) is 0 Å². The van der Waals surface area contributed by atoms with Crippen LogP contribution in [0.5, 0.6) is 11.5 Å². The molecular weight excluding hydrogens is 440 g/mol. The third-order valence-corrected chi connectivity index (χ3v) is 6.60. The molecule has 7 nitrogen and oxygen atoms in total. The Hall–Kier alpha value is -3.36. The first-order valence-electron chi connectivity index (χ1n) is 10.5. The highest BCUT2D eigenvalue weighted by molar-refractivity contribution is 7.89. The average molecular weight is 469 g/mol. The van der Waals surface area contributed by atoms with E-state index in [1.807, 2.05) is 48.5 Å². The number of hydrogen-bond acceptors (Lipinski definition) is 5. The van der Waals surface area contributed by atoms with Crippen LogP contribution in [0, 0.1) is 0 Å². The number of ether oxygens (including phenoxy) is 2. The molecule has 8 heteroatoms. The Morgan fingerprint density at radius 3 is 2.12 bits per heavy atom. The SMILES string of the molecule is COc1ccc(CCNC(=O)[C@H](Cc2ccccc2)NS(=O)(=O)c2ccccc2)cc1OC. The highest BCUT2D eigenvalue weighted by Gasteiger charge is 2.25. The number of carbonyl (C=O) groups excluding carboxylic acids is 1. The molecule has 3 rings (SSSR count). The van der Waals surface area contributed by atoms with Gasteiger partial charge in [0, 0.05) is 6.54 Å². The van der Waals surface area contributed by atoms with Gasteiger partial charge in [-0.15, -0.1) is 0 Å². The van der Waals surface area contributed by atoms with E-state index in [4.69, 9.17) is 9.47 Å². The van der Waals surface area contributed by atoms with Gasteiger partial charge in [-0.1, -0.05) is 54.6 Å². The van der Waals surface area contributed by atoms with Crippen LogP contribution in [0.4, 0.5) is 0 Å². The first-order chi connectivity index (χ1) is 15.9. The zero-order valence-corrected chi connectivity index (χ0v) is 19.5. The van der Waals surface area contributed by atoms with Crippen molar-refractivity contribution >= 4 is 15.9 Å². The summed E-state index contributed by atoms with van der Waals surface area (Å²) in [6.07, 6.45) is 0.782. The van der Waals surface area contributed by atoms with Gasteiger partial charge in [-0.05, 0) is 48.2 Å². The van der Waals surface area contributed by atoms with E-state index in [0.717, 1.165) is 11.1 Å². The van der Waals surface area contributed by atoms with E-state index >= 15 is 0 Å². The lowest BCUT2D eigenvalue weighted by atomic mass is 10.1. The minimum Gasteiger partial charge on any atom is -0.493 e. The molecular formula is C25H28N2O5S. The maximum absolute atomic E-state index is 13.0. The van der Waals surface area contributed by atoms with Gasteiger partial charge < -0.3 is 14.8 Å². The summed E-state index contributed by atoms with van der Waals surface area (Å²) in [5.74, 6) is 0.848. The number of methoxy groups -OCH3 is 2. The third kappa shape index (κ3) is 6.81. The number of rotatable bonds is 11. The molecule has 0 spiro atoms. The maximum Gasteiger partial charge on any atom is 0.241 e. The summed E-state index contributed by atoms with van der Waals surface area (Å²) in [6, 6.07) is 21.9. The minimum absolute atomic E-state index is 0.112. The van der Waals surface area contributed by atoms with Gasteiger partial charge in [-0.3, -0.25) is 4.79 Å². The predicted octanol–water partition coefficient (Wildman–Crippen LogP) is 2.95. The fourth-order valence-electron chi connectivity index (χ4n) is 3.38. The van der Waals surface area contributed by atoms with Crippen LogP contribution in [0.1, 0.15) is 11.1 Å². The lowest BCUT2D eigenvalue weighted by Crippen LogP contribution is -2.48. The largest absolute Gasteiger partial charge is 0.493 e. The number of nitrogens with one attached hydrogen (secondary N) is 2. The van der Waals surface area contributed by atoms with Gasteiger partial charge in [0.1, 0.15) is 6.04 Å². The molecule has 0 saturated carbocycles. The van der Waals surface area contributed by atoms with Crippen molar-refractivity contribution in [3.63, 3.8) is 0 Å². The number of amides is 1. The van der Waals surface area contributed by atoms with Gasteiger partial charge in [-0.25, -0.2) is 8.42 Å². The van der Waals surface area contributed by atoms with E-state index in [-0.39, 0.29) is 17.2 Å². The summed E-state index contributed by atoms with van der Waals surface area (Å²) in [4.78, 5) is 13.1. The summed E-state index contributed by atoms with van der Waals surface area (Å²) in [7, 11) is -0.723. The Balaban J connectivity index is 1.70. The lowest BCUT2D eigenvalue weighted by molar-refractivity contribution is -0.122. The van der Waals surface area contributed by atoms with Crippen LogP contribution in [0.25, 0.3) is 0 Å². The summed E-state index contributed by atoms with van der Waals surface area (Å²) < 4.78 is 38.8. The first-order valence-corrected chi connectivity index (χ1v) is 12.0. The minimum atomic E-state index is -3.86. The Labute approximate surface area is 194 Å². The third-order valence-electron chi connectivity index (χ3n) is 5.11. The van der Waals surface area contributed by atoms with Crippen LogP contribution in [0.15, 0.2) is 83.8 Å². The molecule has 33 heavy (non-hydrogen) atoms. The second-order valence-corrected chi connectivity index (χ2v) is 9.12. The van der Waals surface area contributed by atoms with Crippen molar-refractivity contribution in [2.75, 3.05) is 20.8 Å². The molecule has 2 N–H and O–H groups in total. The molecule has 0 unspecified atom stereocenters. The molecule has 1 atom stereocenters. The predicted molar refractivity (Wildman–Crippen MR) is 127 cm³/mol. The van der Waals surface area contributed by atoms with Crippen LogP contribution in [0.3, 0.4) is 0 Å². The number of carbonyl (C=O) groups is 1. The van der Waals surface area contributed by atoms with E-state index in [1.165, 1.54) is 12.1 Å². The molecule has 0 aliphatic rings. The Morgan fingerprint density at radius 2 is 1.48 bits per heavy atom. The highest BCUT2D eigenvalue weighted by Crippen LogP contribution is 2.27. The van der Waals surface area contributed by atoms with Gasteiger partial charge >= 0.3 is 0 Å². The van der Waals surface area contributed by atoms with Crippen molar-refractivity contribution in [3.05, 3.63) is 90.0 Å². The van der Waals surface area contributed by atoms with Crippen molar-refractivity contribution in [1.82, 2.24) is 10.0 Å². The quantitative estimate of drug-likeness (QED) is 0.451. The number of sulfonamides is 1. The molecule has 0 aliphatic heterocycles. The van der Waals surface area contributed by atoms with Crippen molar-refractivity contribution in [3.8, 4) is 11.5 Å². The Kier molecular flexibility index (Phi) is 8.46. The maximum atomic E-state index is 13.0. The second-order valence-electron chi connectivity index (χ2n) is 7.41. The molecule has 0 aliphatic carbocycles. The standard InChI is InChI=1S/C25H28N2O5S/c1-31-23-14-13-20(18-24(23)32-2)15-16-26-25(28)22(17-19-9-5-3-6-10-19)27-33(29,30)21-11-7-4-8-12-21/h3-14,18,22,27H,15-17H2,1-2H3,(H,26,28)/t22-/m0/s1. The van der Waals surface area contributed by atoms with Gasteiger partial charge in [0.25, 0.3) is 0 Å². The van der Waals surface area contributed by atoms with Gasteiger partial charge in [-0.2, -0.15) is 4.72 Å². The summed E-state index contributed by atoms with van der Waals surface area (Å²) in [6.45, 7) is 0.340. The van der Waals surface area contributed by atoms with Gasteiger partial charge in [0.05, 0.1) is 19.1 Å². The molecule has 0 aromatic heterocycles. The fourth-order valence-corrected chi connectivity index (χ4v) is 4.60. The summed E-state index contributed by atoms with van der Waals surface area (Å²) >= 11 is 0. The fraction of sp³-hybridized carbons (Fsp3) is 0.240. The monoisotopic (exact) mass is 468 g/mol. The van der Waals surface area contributed by atoms with Crippen molar-refractivity contribution < 1.29 is 22.7 Å². The summed E-state index contributed by atoms with van der Waals surface area (Å²) in [5.41, 5.74) is 1.81. The molecule has 3 aromatic rings. The molecule has 0 bridgehead atoms. The molecule has 0 fully saturated rings. The number of benzene rings is 3. The van der Waals surface area contributed by atoms with Crippen LogP contribution in [-0.2, 0) is 27.7 Å². The first kappa shape index (κ1) is 24.3. The zero-order chi connectivity index (χ0) is 23.7.